The predicted molar refractivity (Wildman–Crippen MR) is 92.7 cm³/mol. The summed E-state index contributed by atoms with van der Waals surface area (Å²) in [5, 5.41) is 3.46. The van der Waals surface area contributed by atoms with Crippen molar-refractivity contribution in [3.05, 3.63) is 29.1 Å². The molecule has 0 saturated heterocycles. The average molecular weight is 290 g/mol. The molecule has 2 nitrogen and oxygen atoms in total. The summed E-state index contributed by atoms with van der Waals surface area (Å²) in [6.07, 6.45) is 12.3. The van der Waals surface area contributed by atoms with Gasteiger partial charge >= 0.3 is 0 Å². The topological polar surface area (TPSA) is 24.9 Å². The first-order chi connectivity index (χ1) is 10.2. The molecule has 0 radical (unpaired) electrons. The third kappa shape index (κ3) is 7.08. The third-order valence-corrected chi connectivity index (χ3v) is 4.34. The molecule has 2 heteroatoms. The van der Waals surface area contributed by atoms with Crippen molar-refractivity contribution in [2.75, 3.05) is 7.05 Å². The van der Waals surface area contributed by atoms with Gasteiger partial charge in [0.25, 0.3) is 0 Å². The van der Waals surface area contributed by atoms with Gasteiger partial charge in [-0.2, -0.15) is 0 Å². The molecule has 1 heterocycles. The number of unbranched alkanes of at least 4 members (excludes halogenated alkanes) is 7. The van der Waals surface area contributed by atoms with Crippen molar-refractivity contribution in [1.82, 2.24) is 10.3 Å². The molecule has 0 spiro atoms. The van der Waals surface area contributed by atoms with Gasteiger partial charge in [-0.05, 0) is 38.9 Å². The molecule has 0 aromatic carbocycles. The number of nitrogens with zero attached hydrogens (tertiary/aromatic N) is 1. The first-order valence-electron chi connectivity index (χ1n) is 8.80. The van der Waals surface area contributed by atoms with E-state index in [1.807, 2.05) is 0 Å². The normalized spacial score (nSPS) is 12.6. The molecule has 0 fully saturated rings. The van der Waals surface area contributed by atoms with Crippen molar-refractivity contribution in [2.24, 2.45) is 0 Å². The van der Waals surface area contributed by atoms with Gasteiger partial charge in [0.1, 0.15) is 0 Å². The molecule has 120 valence electrons. The average Bonchev–Trinajstić information content (AvgIpc) is 2.47. The maximum absolute atomic E-state index is 4.59. The number of hydrogen-bond donors (Lipinski definition) is 1. The van der Waals surface area contributed by atoms with E-state index >= 15 is 0 Å². The van der Waals surface area contributed by atoms with Crippen LogP contribution in [0, 0.1) is 13.8 Å². The molecule has 0 aliphatic carbocycles. The fourth-order valence-electron chi connectivity index (χ4n) is 3.00. The second-order valence-electron chi connectivity index (χ2n) is 6.23. The van der Waals surface area contributed by atoms with Crippen LogP contribution in [0.1, 0.15) is 87.7 Å². The van der Waals surface area contributed by atoms with Crippen molar-refractivity contribution in [2.45, 2.75) is 84.6 Å². The van der Waals surface area contributed by atoms with Gasteiger partial charge in [-0.15, -0.1) is 0 Å². The number of aromatic nitrogens is 1. The summed E-state index contributed by atoms with van der Waals surface area (Å²) in [6.45, 7) is 6.46. The maximum atomic E-state index is 4.59. The number of rotatable bonds is 11. The van der Waals surface area contributed by atoms with E-state index in [1.165, 1.54) is 69.0 Å². The van der Waals surface area contributed by atoms with Gasteiger partial charge in [0.15, 0.2) is 0 Å². The Morgan fingerprint density at radius 3 is 2.14 bits per heavy atom. The van der Waals surface area contributed by atoms with Crippen molar-refractivity contribution < 1.29 is 0 Å². The van der Waals surface area contributed by atoms with Crippen LogP contribution in [0.25, 0.3) is 0 Å². The summed E-state index contributed by atoms with van der Waals surface area (Å²) in [7, 11) is 2.06. The molecule has 0 aliphatic rings. The van der Waals surface area contributed by atoms with Crippen LogP contribution in [-0.4, -0.2) is 12.0 Å². The Morgan fingerprint density at radius 1 is 0.952 bits per heavy atom. The van der Waals surface area contributed by atoms with E-state index in [2.05, 4.69) is 50.3 Å². The van der Waals surface area contributed by atoms with Crippen molar-refractivity contribution in [1.29, 1.82) is 0 Å². The minimum Gasteiger partial charge on any atom is -0.313 e. The van der Waals surface area contributed by atoms with Crippen LogP contribution in [0.2, 0.25) is 0 Å². The zero-order chi connectivity index (χ0) is 15.5. The van der Waals surface area contributed by atoms with E-state index in [1.54, 1.807) is 0 Å². The molecule has 21 heavy (non-hydrogen) atoms. The van der Waals surface area contributed by atoms with Crippen LogP contribution in [0.3, 0.4) is 0 Å². The highest BCUT2D eigenvalue weighted by atomic mass is 14.9. The second-order valence-corrected chi connectivity index (χ2v) is 6.23. The molecular formula is C19H34N2. The van der Waals surface area contributed by atoms with E-state index < -0.39 is 0 Å². The molecule has 1 aromatic rings. The summed E-state index contributed by atoms with van der Waals surface area (Å²) in [4.78, 5) is 4.59. The second kappa shape index (κ2) is 10.8. The molecule has 0 bridgehead atoms. The van der Waals surface area contributed by atoms with Gasteiger partial charge in [-0.1, -0.05) is 64.4 Å². The molecule has 0 amide bonds. The summed E-state index contributed by atoms with van der Waals surface area (Å²) in [6, 6.07) is 4.82. The highest BCUT2D eigenvalue weighted by molar-refractivity contribution is 5.25. The number of hydrogen-bond acceptors (Lipinski definition) is 2. The van der Waals surface area contributed by atoms with E-state index in [4.69, 9.17) is 0 Å². The first-order valence-corrected chi connectivity index (χ1v) is 8.80. The molecule has 1 aromatic heterocycles. The molecule has 1 N–H and O–H groups in total. The lowest BCUT2D eigenvalue weighted by Crippen LogP contribution is -2.18. The van der Waals surface area contributed by atoms with Gasteiger partial charge < -0.3 is 5.32 Å². The van der Waals surface area contributed by atoms with E-state index in [9.17, 15) is 0 Å². The summed E-state index contributed by atoms with van der Waals surface area (Å²) in [5.41, 5.74) is 3.65. The van der Waals surface area contributed by atoms with Gasteiger partial charge in [-0.25, -0.2) is 0 Å². The molecule has 1 rings (SSSR count). The third-order valence-electron chi connectivity index (χ3n) is 4.34. The smallest absolute Gasteiger partial charge is 0.0423 e. The number of nitrogens with one attached hydrogen (secondary N) is 1. The van der Waals surface area contributed by atoms with Crippen LogP contribution >= 0.6 is 0 Å². The summed E-state index contributed by atoms with van der Waals surface area (Å²) in [5.74, 6) is 0. The van der Waals surface area contributed by atoms with Crippen molar-refractivity contribution in [3.63, 3.8) is 0 Å². The zero-order valence-corrected chi connectivity index (χ0v) is 14.5. The Labute approximate surface area is 131 Å². The maximum Gasteiger partial charge on any atom is 0.0423 e. The van der Waals surface area contributed by atoms with Crippen LogP contribution in [0.4, 0.5) is 0 Å². The Kier molecular flexibility index (Phi) is 9.32. The van der Waals surface area contributed by atoms with Crippen molar-refractivity contribution in [3.8, 4) is 0 Å². The van der Waals surface area contributed by atoms with Crippen LogP contribution < -0.4 is 5.32 Å². The summed E-state index contributed by atoms with van der Waals surface area (Å²) >= 11 is 0. The highest BCUT2D eigenvalue weighted by Gasteiger charge is 2.12. The van der Waals surface area contributed by atoms with E-state index in [0.717, 1.165) is 5.69 Å². The van der Waals surface area contributed by atoms with Crippen LogP contribution in [-0.2, 0) is 0 Å². The number of aryl methyl sites for hydroxylation is 2. The fourth-order valence-corrected chi connectivity index (χ4v) is 3.00. The standard InChI is InChI=1S/C19H34N2/c1-5-6-7-8-9-10-11-12-13-19(20-4)18-15-14-16(2)21-17(18)3/h14-15,19-20H,5-13H2,1-4H3. The Morgan fingerprint density at radius 2 is 1.57 bits per heavy atom. The quantitative estimate of drug-likeness (QED) is 0.545. The molecular weight excluding hydrogens is 256 g/mol. The monoisotopic (exact) mass is 290 g/mol. The van der Waals surface area contributed by atoms with Gasteiger partial charge in [0, 0.05) is 17.4 Å². The first kappa shape index (κ1) is 18.2. The zero-order valence-electron chi connectivity index (χ0n) is 14.5. The van der Waals surface area contributed by atoms with Crippen LogP contribution in [0.5, 0.6) is 0 Å². The fraction of sp³-hybridized carbons (Fsp3) is 0.737. The number of pyridine rings is 1. The molecule has 1 atom stereocenters. The van der Waals surface area contributed by atoms with Crippen molar-refractivity contribution >= 4 is 0 Å². The van der Waals surface area contributed by atoms with E-state index in [-0.39, 0.29) is 0 Å². The minimum atomic E-state index is 0.457. The van der Waals surface area contributed by atoms with E-state index in [0.29, 0.717) is 6.04 Å². The van der Waals surface area contributed by atoms with Gasteiger partial charge in [0.2, 0.25) is 0 Å². The molecule has 0 saturated carbocycles. The Balaban J connectivity index is 2.25. The Hall–Kier alpha value is -0.890. The Bertz CT molecular complexity index is 387. The van der Waals surface area contributed by atoms with Crippen LogP contribution in [0.15, 0.2) is 12.1 Å². The minimum absolute atomic E-state index is 0.457. The highest BCUT2D eigenvalue weighted by Crippen LogP contribution is 2.22. The SMILES string of the molecule is CCCCCCCCCCC(NC)c1ccc(C)nc1C. The van der Waals surface area contributed by atoms with Gasteiger partial charge in [-0.3, -0.25) is 4.98 Å². The largest absolute Gasteiger partial charge is 0.313 e. The molecule has 0 aliphatic heterocycles. The van der Waals surface area contributed by atoms with Gasteiger partial charge in [0.05, 0.1) is 0 Å². The predicted octanol–water partition coefficient (Wildman–Crippen LogP) is 5.49. The lowest BCUT2D eigenvalue weighted by atomic mass is 9.98. The summed E-state index contributed by atoms with van der Waals surface area (Å²) < 4.78 is 0. The lowest BCUT2D eigenvalue weighted by molar-refractivity contribution is 0.491. The lowest BCUT2D eigenvalue weighted by Gasteiger charge is -2.18. The molecule has 1 unspecified atom stereocenters.